The third-order valence-corrected chi connectivity index (χ3v) is 12.5. The zero-order valence-electron chi connectivity index (χ0n) is 22.8. The maximum atomic E-state index is 13.4. The first-order chi connectivity index (χ1) is 18.1. The number of hydrogen-bond acceptors (Lipinski definition) is 9. The Hall–Kier alpha value is -1.34. The first kappa shape index (κ1) is 27.8. The largest absolute Gasteiger partial charge is 0.457 e. The summed E-state index contributed by atoms with van der Waals surface area (Å²) in [5, 5.41) is 37.5. The number of ether oxygens (including phenoxy) is 3. The Bertz CT molecular complexity index is 1230. The topological polar surface area (TPSA) is 143 Å². The van der Waals surface area contributed by atoms with Crippen molar-refractivity contribution in [3.63, 3.8) is 0 Å². The predicted octanol–water partition coefficient (Wildman–Crippen LogP) is 3.31. The number of aliphatic hydroxyl groups is 3. The summed E-state index contributed by atoms with van der Waals surface area (Å²) in [6.45, 7) is 6.56. The van der Waals surface area contributed by atoms with E-state index in [4.69, 9.17) is 14.2 Å². The van der Waals surface area contributed by atoms with Crippen LogP contribution in [0.4, 0.5) is 4.79 Å². The summed E-state index contributed by atoms with van der Waals surface area (Å²) in [6.07, 6.45) is 4.46. The fraction of sp³-hybridized carbons (Fsp3) is 0.759. The highest BCUT2D eigenvalue weighted by Gasteiger charge is 2.83. The number of cyclic esters (lactones) is 1. The lowest BCUT2D eigenvalue weighted by Crippen LogP contribution is -2.75. The van der Waals surface area contributed by atoms with Gasteiger partial charge in [-0.05, 0) is 84.1 Å². The Labute approximate surface area is 241 Å². The molecule has 9 nitrogen and oxygen atoms in total. The molecule has 1 saturated heterocycles. The van der Waals surface area contributed by atoms with E-state index in [0.717, 1.165) is 5.57 Å². The van der Waals surface area contributed by atoms with Crippen LogP contribution in [0.1, 0.15) is 72.6 Å². The van der Waals surface area contributed by atoms with E-state index >= 15 is 0 Å². The lowest BCUT2D eigenvalue weighted by atomic mass is 9.42. The van der Waals surface area contributed by atoms with Crippen molar-refractivity contribution in [1.82, 2.24) is 0 Å². The van der Waals surface area contributed by atoms with E-state index in [2.05, 4.69) is 0 Å². The van der Waals surface area contributed by atoms with Gasteiger partial charge < -0.3 is 29.5 Å². The molecular weight excluding hydrogens is 619 g/mol. The van der Waals surface area contributed by atoms with E-state index in [9.17, 15) is 29.7 Å². The van der Waals surface area contributed by atoms with Crippen molar-refractivity contribution in [3.8, 4) is 0 Å². The summed E-state index contributed by atoms with van der Waals surface area (Å²) in [5.41, 5.74) is -7.11. The van der Waals surface area contributed by atoms with Gasteiger partial charge in [0.25, 0.3) is 0 Å². The summed E-state index contributed by atoms with van der Waals surface area (Å²) >= 11 is 1.52. The van der Waals surface area contributed by atoms with E-state index in [1.165, 1.54) is 29.5 Å². The zero-order chi connectivity index (χ0) is 28.4. The number of fused-ring (bicyclic) bond motifs is 4. The molecule has 3 saturated carbocycles. The Morgan fingerprint density at radius 2 is 1.92 bits per heavy atom. The van der Waals surface area contributed by atoms with Crippen molar-refractivity contribution in [2.75, 3.05) is 6.61 Å². The van der Waals surface area contributed by atoms with E-state index in [1.54, 1.807) is 19.9 Å². The number of hydrogen-bond donors (Lipinski definition) is 3. The molecule has 0 aromatic rings. The minimum Gasteiger partial charge on any atom is -0.457 e. The first-order valence-electron chi connectivity index (χ1n) is 13.9. The molecule has 0 aromatic heterocycles. The molecule has 0 amide bonds. The third-order valence-electron chi connectivity index (χ3n) is 12.2. The van der Waals surface area contributed by atoms with Crippen LogP contribution in [0.25, 0.3) is 0 Å². The minimum atomic E-state index is -1.97. The second-order valence-electron chi connectivity index (χ2n) is 13.2. The first-order valence-corrected chi connectivity index (χ1v) is 14.9. The van der Waals surface area contributed by atoms with Gasteiger partial charge in [0, 0.05) is 12.0 Å². The van der Waals surface area contributed by atoms with Crippen LogP contribution < -0.4 is 0 Å². The van der Waals surface area contributed by atoms with Crippen molar-refractivity contribution in [3.05, 3.63) is 23.3 Å². The van der Waals surface area contributed by atoms with Gasteiger partial charge in [0.05, 0.1) is 45.1 Å². The Kier molecular flexibility index (Phi) is 5.96. The van der Waals surface area contributed by atoms with Crippen LogP contribution in [-0.2, 0) is 23.8 Å². The molecule has 214 valence electrons. The van der Waals surface area contributed by atoms with Crippen LogP contribution in [0.3, 0.4) is 0 Å². The number of halogens is 1. The number of esters is 1. The molecule has 4 aliphatic carbocycles. The summed E-state index contributed by atoms with van der Waals surface area (Å²) in [6, 6.07) is 0. The Morgan fingerprint density at radius 3 is 2.59 bits per heavy atom. The van der Waals surface area contributed by atoms with Gasteiger partial charge in [0.1, 0.15) is 29.5 Å². The van der Waals surface area contributed by atoms with Gasteiger partial charge in [0.2, 0.25) is 0 Å². The van der Waals surface area contributed by atoms with Crippen LogP contribution in [0.15, 0.2) is 23.3 Å². The van der Waals surface area contributed by atoms with Gasteiger partial charge in [-0.1, -0.05) is 11.6 Å². The van der Waals surface area contributed by atoms with Crippen LogP contribution in [-0.4, -0.2) is 72.3 Å². The van der Waals surface area contributed by atoms with Crippen molar-refractivity contribution >= 4 is 38.3 Å². The van der Waals surface area contributed by atoms with Gasteiger partial charge in [-0.15, -0.1) is 0 Å². The average Bonchev–Trinajstić information content (AvgIpc) is 3.52. The summed E-state index contributed by atoms with van der Waals surface area (Å²) in [4.78, 5) is 38.1. The van der Waals surface area contributed by atoms with E-state index in [0.29, 0.717) is 24.8 Å². The number of epoxide rings is 1. The molecule has 1 spiro atoms. The second kappa shape index (κ2) is 8.36. The fourth-order valence-corrected chi connectivity index (χ4v) is 9.75. The van der Waals surface area contributed by atoms with Gasteiger partial charge in [-0.25, -0.2) is 9.59 Å². The van der Waals surface area contributed by atoms with Crippen molar-refractivity contribution in [1.29, 1.82) is 0 Å². The molecule has 6 aliphatic rings. The van der Waals surface area contributed by atoms with Gasteiger partial charge in [-0.2, -0.15) is 0 Å². The number of carbonyl (C=O) groups is 3. The lowest BCUT2D eigenvalue weighted by Gasteiger charge is -2.64. The monoisotopic (exact) mass is 656 g/mol. The van der Waals surface area contributed by atoms with Gasteiger partial charge >= 0.3 is 9.95 Å². The fourth-order valence-electron chi connectivity index (χ4n) is 9.59. The molecule has 6 rings (SSSR count). The average molecular weight is 657 g/mol. The minimum absolute atomic E-state index is 0.00672. The standard InChI is InChI=1S/C29H37IO9/c1-15-12-20(38-22(32)16(15)2)25(4,34)29(36)11-10-27(35)18-13-21-28(39-21)8-5-6-19(31)24(28,3)17(18)7-9-26(27,29)14-37-23(30)33/h5-6,17-18,20-21,34-36H,7-14H2,1-4H3/t17-,18+,20+,21+,24-,25-,26+,27+,28+,29+/m0/s1. The number of allylic oxidation sites excluding steroid dienone is 1. The zero-order valence-corrected chi connectivity index (χ0v) is 24.9. The second-order valence-corrected chi connectivity index (χ2v) is 14.1. The molecule has 0 bridgehead atoms. The van der Waals surface area contributed by atoms with E-state index < -0.39 is 55.2 Å². The quantitative estimate of drug-likeness (QED) is 0.180. The molecule has 10 atom stereocenters. The molecular formula is C29H37IO9. The molecule has 2 aliphatic heterocycles. The van der Waals surface area contributed by atoms with Crippen molar-refractivity contribution in [2.45, 2.75) is 107 Å². The molecule has 39 heavy (non-hydrogen) atoms. The highest BCUT2D eigenvalue weighted by atomic mass is 127. The summed E-state index contributed by atoms with van der Waals surface area (Å²) in [5.74, 6) is -1.20. The summed E-state index contributed by atoms with van der Waals surface area (Å²) < 4.78 is 16.9. The predicted molar refractivity (Wildman–Crippen MR) is 146 cm³/mol. The Balaban J connectivity index is 1.44. The van der Waals surface area contributed by atoms with Gasteiger partial charge in [-0.3, -0.25) is 4.79 Å². The number of rotatable bonds is 4. The molecule has 0 radical (unpaired) electrons. The highest BCUT2D eigenvalue weighted by molar-refractivity contribution is 14.1. The maximum Gasteiger partial charge on any atom is 0.367 e. The molecule has 10 heteroatoms. The van der Waals surface area contributed by atoms with E-state index in [-0.39, 0.29) is 50.1 Å². The Morgan fingerprint density at radius 1 is 1.21 bits per heavy atom. The molecule has 2 heterocycles. The van der Waals surface area contributed by atoms with Gasteiger partial charge in [0.15, 0.2) is 5.78 Å². The molecule has 3 N–H and O–H groups in total. The third kappa shape index (κ3) is 3.18. The molecule has 4 fully saturated rings. The summed E-state index contributed by atoms with van der Waals surface area (Å²) in [7, 11) is 0. The maximum absolute atomic E-state index is 13.4. The molecule has 0 unspecified atom stereocenters. The van der Waals surface area contributed by atoms with Crippen molar-refractivity contribution < 1.29 is 43.9 Å². The SMILES string of the molecule is CC1=C(C)C(=O)O[C@@H]([C@](C)(O)[C@]2(O)CC[C@@]3(O)[C@@H]4C[C@H]5O[C@]56CC=CC(=O)[C@]6(C)[C@H]4CC[C@]23COC(=O)I)C1. The van der Waals surface area contributed by atoms with Crippen LogP contribution in [0.5, 0.6) is 0 Å². The van der Waals surface area contributed by atoms with Crippen LogP contribution in [0, 0.1) is 22.7 Å². The normalized spacial score (nSPS) is 49.7. The smallest absolute Gasteiger partial charge is 0.367 e. The van der Waals surface area contributed by atoms with Crippen LogP contribution in [0.2, 0.25) is 0 Å². The van der Waals surface area contributed by atoms with E-state index in [1.807, 2.05) is 13.0 Å². The van der Waals surface area contributed by atoms with Crippen molar-refractivity contribution in [2.24, 2.45) is 22.7 Å². The number of carbonyl (C=O) groups excluding carboxylic acids is 3. The highest BCUT2D eigenvalue weighted by Crippen LogP contribution is 2.75. The number of ketones is 1. The molecule has 0 aromatic carbocycles. The lowest BCUT2D eigenvalue weighted by molar-refractivity contribution is -0.295. The van der Waals surface area contributed by atoms with Crippen LogP contribution >= 0.6 is 22.6 Å².